The normalized spacial score (nSPS) is 37.1. The molecule has 0 aromatic carbocycles. The summed E-state index contributed by atoms with van der Waals surface area (Å²) in [5, 5.41) is 9.24. The molecule has 1 heterocycles. The second kappa shape index (κ2) is 5.47. The monoisotopic (exact) mass is 408 g/mol. The first-order valence-electron chi connectivity index (χ1n) is 6.33. The predicted molar refractivity (Wildman–Crippen MR) is 61.1 cm³/mol. The molecule has 1 fully saturated rings. The minimum atomic E-state index is -6.69. The van der Waals surface area contributed by atoms with Crippen LogP contribution in [0.2, 0.25) is 0 Å². The molecule has 0 aliphatic carbocycles. The van der Waals surface area contributed by atoms with Gasteiger partial charge in [-0.15, -0.1) is 0 Å². The molecule has 0 aromatic heterocycles. The minimum Gasteiger partial charge on any atom is -0.443 e. The molecule has 1 aliphatic rings. The Labute approximate surface area is 138 Å². The number of halogens is 10. The third-order valence-electron chi connectivity index (χ3n) is 3.97. The molecule has 26 heavy (non-hydrogen) atoms. The maximum Gasteiger partial charge on any atom is 0.449 e. The topological polar surface area (TPSA) is 55.8 Å². The van der Waals surface area contributed by atoms with Gasteiger partial charge in [-0.25, -0.2) is 4.79 Å². The lowest BCUT2D eigenvalue weighted by atomic mass is 9.73. The zero-order valence-electron chi connectivity index (χ0n) is 12.7. The van der Waals surface area contributed by atoms with Gasteiger partial charge in [-0.05, 0) is 13.8 Å². The Morgan fingerprint density at radius 1 is 1.00 bits per heavy atom. The Morgan fingerprint density at radius 3 is 1.73 bits per heavy atom. The fraction of sp³-hybridized carbons (Fsp3) is 0.750. The van der Waals surface area contributed by atoms with Crippen molar-refractivity contribution < 1.29 is 63.3 Å². The van der Waals surface area contributed by atoms with E-state index >= 15 is 0 Å². The van der Waals surface area contributed by atoms with E-state index in [4.69, 9.17) is 0 Å². The molecule has 0 bridgehead atoms. The van der Waals surface area contributed by atoms with E-state index in [1.807, 2.05) is 0 Å². The van der Waals surface area contributed by atoms with Crippen LogP contribution >= 0.6 is 0 Å². The van der Waals surface area contributed by atoms with Gasteiger partial charge in [0.05, 0.1) is 0 Å². The summed E-state index contributed by atoms with van der Waals surface area (Å²) >= 11 is 0. The van der Waals surface area contributed by atoms with Crippen LogP contribution in [0.25, 0.3) is 0 Å². The van der Waals surface area contributed by atoms with E-state index < -0.39 is 61.0 Å². The van der Waals surface area contributed by atoms with Crippen molar-refractivity contribution in [3.8, 4) is 0 Å². The molecular formula is C12H10F10O4. The van der Waals surface area contributed by atoms with Gasteiger partial charge in [0.2, 0.25) is 11.2 Å². The minimum absolute atomic E-state index is 0.0511. The zero-order valence-corrected chi connectivity index (χ0v) is 12.7. The molecule has 3 atom stereocenters. The first-order chi connectivity index (χ1) is 11.2. The Morgan fingerprint density at radius 2 is 1.42 bits per heavy atom. The molecule has 0 spiro atoms. The lowest BCUT2D eigenvalue weighted by Gasteiger charge is -2.58. The molecule has 3 unspecified atom stereocenters. The highest BCUT2D eigenvalue weighted by Gasteiger charge is 2.94. The number of carbonyl (C=O) groups excluding carboxylic acids is 1. The van der Waals surface area contributed by atoms with E-state index in [-0.39, 0.29) is 6.08 Å². The third-order valence-corrected chi connectivity index (χ3v) is 3.97. The molecule has 1 aliphatic heterocycles. The fourth-order valence-electron chi connectivity index (χ4n) is 2.24. The van der Waals surface area contributed by atoms with Gasteiger partial charge in [-0.3, -0.25) is 0 Å². The van der Waals surface area contributed by atoms with Crippen LogP contribution in [0.3, 0.4) is 0 Å². The standard InChI is InChI=1S/C12H10F10O4/c1-4-5(23)25-6(2)8(13,14)7(3,11(17,18)19)26-10(24,9(6,15)16)12(20,21)22/h4,24H,1H2,2-3H3. The number of carbonyl (C=O) groups is 1. The van der Waals surface area contributed by atoms with Gasteiger partial charge >= 0.3 is 36.0 Å². The second-order valence-electron chi connectivity index (χ2n) is 5.58. The van der Waals surface area contributed by atoms with Gasteiger partial charge < -0.3 is 14.6 Å². The molecule has 14 heteroatoms. The summed E-state index contributed by atoms with van der Waals surface area (Å²) in [4.78, 5) is 11.1. The van der Waals surface area contributed by atoms with Crippen LogP contribution in [0.4, 0.5) is 43.9 Å². The molecule has 1 rings (SSSR count). The van der Waals surface area contributed by atoms with E-state index in [0.29, 0.717) is 0 Å². The van der Waals surface area contributed by atoms with Crippen molar-refractivity contribution in [3.05, 3.63) is 12.7 Å². The van der Waals surface area contributed by atoms with Crippen LogP contribution < -0.4 is 0 Å². The summed E-state index contributed by atoms with van der Waals surface area (Å²) in [6, 6.07) is 0. The molecule has 0 amide bonds. The molecule has 0 saturated carbocycles. The van der Waals surface area contributed by atoms with Crippen LogP contribution in [-0.2, 0) is 14.3 Å². The average molecular weight is 408 g/mol. The summed E-state index contributed by atoms with van der Waals surface area (Å²) < 4.78 is 142. The molecule has 0 radical (unpaired) electrons. The molecule has 152 valence electrons. The smallest absolute Gasteiger partial charge is 0.443 e. The summed E-state index contributed by atoms with van der Waals surface area (Å²) in [6.45, 7) is 1.34. The Hall–Kier alpha value is -1.57. The molecule has 1 N–H and O–H groups in total. The zero-order chi connectivity index (χ0) is 21.2. The fourth-order valence-corrected chi connectivity index (χ4v) is 2.24. The van der Waals surface area contributed by atoms with Crippen LogP contribution in [0.1, 0.15) is 13.8 Å². The average Bonchev–Trinajstić information content (AvgIpc) is 2.42. The van der Waals surface area contributed by atoms with Crippen LogP contribution in [-0.4, -0.2) is 52.3 Å². The highest BCUT2D eigenvalue weighted by atomic mass is 19.4. The first-order valence-corrected chi connectivity index (χ1v) is 6.33. The second-order valence-corrected chi connectivity index (χ2v) is 5.58. The van der Waals surface area contributed by atoms with Crippen molar-refractivity contribution >= 4 is 5.97 Å². The van der Waals surface area contributed by atoms with Crippen molar-refractivity contribution in [1.82, 2.24) is 0 Å². The van der Waals surface area contributed by atoms with E-state index in [1.54, 1.807) is 0 Å². The highest BCUT2D eigenvalue weighted by Crippen LogP contribution is 2.65. The van der Waals surface area contributed by atoms with Crippen LogP contribution in [0, 0.1) is 0 Å². The lowest BCUT2D eigenvalue weighted by molar-refractivity contribution is -0.553. The van der Waals surface area contributed by atoms with Gasteiger partial charge in [0.25, 0.3) is 0 Å². The van der Waals surface area contributed by atoms with Crippen molar-refractivity contribution in [1.29, 1.82) is 0 Å². The molecule has 1 saturated heterocycles. The van der Waals surface area contributed by atoms with Crippen molar-refractivity contribution in [3.63, 3.8) is 0 Å². The summed E-state index contributed by atoms with van der Waals surface area (Å²) in [7, 11) is 0. The summed E-state index contributed by atoms with van der Waals surface area (Å²) in [6.07, 6.45) is -13.2. The van der Waals surface area contributed by atoms with Crippen LogP contribution in [0.15, 0.2) is 12.7 Å². The van der Waals surface area contributed by atoms with Gasteiger partial charge in [-0.2, -0.15) is 43.9 Å². The number of hydrogen-bond acceptors (Lipinski definition) is 4. The number of ether oxygens (including phenoxy) is 2. The van der Waals surface area contributed by atoms with E-state index in [1.165, 1.54) is 0 Å². The highest BCUT2D eigenvalue weighted by molar-refractivity contribution is 5.81. The predicted octanol–water partition coefficient (Wildman–Crippen LogP) is 3.35. The Bertz CT molecular complexity index is 572. The van der Waals surface area contributed by atoms with Crippen molar-refractivity contribution in [2.75, 3.05) is 0 Å². The summed E-state index contributed by atoms with van der Waals surface area (Å²) in [5.74, 6) is -20.5. The number of alkyl halides is 10. The number of esters is 1. The van der Waals surface area contributed by atoms with E-state index in [0.717, 1.165) is 0 Å². The molecule has 4 nitrogen and oxygen atoms in total. The van der Waals surface area contributed by atoms with Crippen molar-refractivity contribution in [2.45, 2.75) is 55.0 Å². The maximum absolute atomic E-state index is 14.4. The maximum atomic E-state index is 14.4. The van der Waals surface area contributed by atoms with Gasteiger partial charge in [0, 0.05) is 6.08 Å². The summed E-state index contributed by atoms with van der Waals surface area (Å²) in [5.41, 5.74) is -10.4. The quantitative estimate of drug-likeness (QED) is 0.433. The Kier molecular flexibility index (Phi) is 4.73. The number of hydrogen-bond donors (Lipinski definition) is 1. The molecule has 0 aromatic rings. The third kappa shape index (κ3) is 2.41. The largest absolute Gasteiger partial charge is 0.449 e. The molecular weight excluding hydrogens is 398 g/mol. The van der Waals surface area contributed by atoms with Crippen molar-refractivity contribution in [2.24, 2.45) is 0 Å². The van der Waals surface area contributed by atoms with Crippen LogP contribution in [0.5, 0.6) is 0 Å². The van der Waals surface area contributed by atoms with Gasteiger partial charge in [-0.1, -0.05) is 6.58 Å². The Balaban J connectivity index is 3.95. The number of rotatable bonds is 2. The number of aliphatic hydroxyl groups is 1. The lowest BCUT2D eigenvalue weighted by Crippen LogP contribution is -2.86. The first kappa shape index (κ1) is 22.5. The van der Waals surface area contributed by atoms with E-state index in [2.05, 4.69) is 16.1 Å². The SMILES string of the molecule is C=CC(=O)OC1(C)C(F)(F)C(C)(C(F)(F)F)OC(O)(C(F)(F)F)C1(F)F. The van der Waals surface area contributed by atoms with Gasteiger partial charge in [0.1, 0.15) is 0 Å². The van der Waals surface area contributed by atoms with Gasteiger partial charge in [0.15, 0.2) is 0 Å². The van der Waals surface area contributed by atoms with E-state index in [9.17, 15) is 53.8 Å².